The fraction of sp³-hybridized carbons (Fsp3) is 0.500. The molecule has 0 unspecified atom stereocenters. The first kappa shape index (κ1) is 15.3. The summed E-state index contributed by atoms with van der Waals surface area (Å²) < 4.78 is 1.41. The highest BCUT2D eigenvalue weighted by Crippen LogP contribution is 2.51. The van der Waals surface area contributed by atoms with Crippen LogP contribution in [0.15, 0.2) is 35.4 Å². The number of pyridine rings is 1. The molecule has 1 N–H and O–H groups in total. The van der Waals surface area contributed by atoms with Gasteiger partial charge in [-0.2, -0.15) is 0 Å². The van der Waals surface area contributed by atoms with Crippen molar-refractivity contribution < 1.29 is 9.90 Å². The maximum Gasteiger partial charge on any atom is 0.270 e. The third kappa shape index (κ3) is 1.95. The molecule has 0 saturated carbocycles. The number of hydrogen-bond donors (Lipinski definition) is 1. The van der Waals surface area contributed by atoms with Crippen LogP contribution in [0.3, 0.4) is 0 Å². The van der Waals surface area contributed by atoms with E-state index < -0.39 is 0 Å². The van der Waals surface area contributed by atoms with Gasteiger partial charge in [-0.3, -0.25) is 14.0 Å². The van der Waals surface area contributed by atoms with E-state index in [0.717, 1.165) is 25.7 Å². The molecule has 2 aliphatic heterocycles. The predicted molar refractivity (Wildman–Crippen MR) is 88.9 cm³/mol. The van der Waals surface area contributed by atoms with Crippen molar-refractivity contribution in [3.05, 3.63) is 46.5 Å². The fourth-order valence-corrected chi connectivity index (χ4v) is 4.57. The second-order valence-electron chi connectivity index (χ2n) is 6.94. The van der Waals surface area contributed by atoms with Crippen LogP contribution in [-0.2, 0) is 0 Å². The summed E-state index contributed by atoms with van der Waals surface area (Å²) in [5, 5.41) is 9.89. The maximum absolute atomic E-state index is 13.1. The van der Waals surface area contributed by atoms with E-state index in [2.05, 4.69) is 11.9 Å². The second kappa shape index (κ2) is 5.41. The number of fused-ring (bicyclic) bond motifs is 3. The molecule has 2 saturated heterocycles. The zero-order chi connectivity index (χ0) is 16.9. The van der Waals surface area contributed by atoms with E-state index >= 15 is 0 Å². The molecule has 2 fully saturated rings. The van der Waals surface area contributed by atoms with Crippen LogP contribution in [0.2, 0.25) is 0 Å². The van der Waals surface area contributed by atoms with Gasteiger partial charge >= 0.3 is 0 Å². The molecule has 2 aliphatic rings. The monoisotopic (exact) mass is 327 g/mol. The Labute approximate surface area is 139 Å². The Hall–Kier alpha value is -2.21. The molecule has 2 aromatic rings. The zero-order valence-corrected chi connectivity index (χ0v) is 13.7. The normalized spacial score (nSPS) is 28.7. The number of nitrogens with zero attached hydrogens (tertiary/aromatic N) is 3. The first-order valence-corrected chi connectivity index (χ1v) is 8.51. The smallest absolute Gasteiger partial charge is 0.270 e. The molecular formula is C18H21N3O3. The molecule has 0 spiro atoms. The molecule has 2 aromatic heterocycles. The second-order valence-corrected chi connectivity index (χ2v) is 6.94. The summed E-state index contributed by atoms with van der Waals surface area (Å²) in [7, 11) is 0. The van der Waals surface area contributed by atoms with Crippen LogP contribution < -0.4 is 5.56 Å². The first-order chi connectivity index (χ1) is 11.6. The van der Waals surface area contributed by atoms with Gasteiger partial charge in [0, 0.05) is 29.9 Å². The lowest BCUT2D eigenvalue weighted by Crippen LogP contribution is -2.44. The summed E-state index contributed by atoms with van der Waals surface area (Å²) in [6.45, 7) is 2.15. The fourth-order valence-electron chi connectivity index (χ4n) is 4.57. The molecule has 3 atom stereocenters. The minimum absolute atomic E-state index is 0.0147. The Morgan fingerprint density at radius 2 is 2.25 bits per heavy atom. The maximum atomic E-state index is 13.1. The topological polar surface area (TPSA) is 74.9 Å². The van der Waals surface area contributed by atoms with Gasteiger partial charge in [-0.1, -0.05) is 13.0 Å². The number of aliphatic hydroxyl groups excluding tert-OH is 1. The molecule has 0 radical (unpaired) electrons. The highest BCUT2D eigenvalue weighted by molar-refractivity contribution is 5.94. The van der Waals surface area contributed by atoms with Gasteiger partial charge in [0.25, 0.3) is 11.5 Å². The van der Waals surface area contributed by atoms with Crippen molar-refractivity contribution >= 4 is 11.6 Å². The molecule has 0 aliphatic carbocycles. The van der Waals surface area contributed by atoms with Gasteiger partial charge in [-0.15, -0.1) is 0 Å². The van der Waals surface area contributed by atoms with E-state index in [0.29, 0.717) is 5.65 Å². The summed E-state index contributed by atoms with van der Waals surface area (Å²) in [4.78, 5) is 31.9. The lowest BCUT2D eigenvalue weighted by atomic mass is 9.72. The van der Waals surface area contributed by atoms with Crippen molar-refractivity contribution in [2.45, 2.75) is 44.7 Å². The molecule has 6 nitrogen and oxygen atoms in total. The number of amides is 1. The van der Waals surface area contributed by atoms with E-state index in [9.17, 15) is 14.7 Å². The van der Waals surface area contributed by atoms with Crippen LogP contribution in [0, 0.1) is 5.41 Å². The van der Waals surface area contributed by atoms with E-state index in [1.807, 2.05) is 4.90 Å². The van der Waals surface area contributed by atoms with Crippen LogP contribution >= 0.6 is 0 Å². The van der Waals surface area contributed by atoms with E-state index in [4.69, 9.17) is 0 Å². The van der Waals surface area contributed by atoms with Crippen LogP contribution in [0.5, 0.6) is 0 Å². The number of carbonyl (C=O) groups excluding carboxylic acids is 1. The molecule has 4 rings (SSSR count). The molecular weight excluding hydrogens is 306 g/mol. The molecule has 24 heavy (non-hydrogen) atoms. The predicted octanol–water partition coefficient (Wildman–Crippen LogP) is 1.46. The SMILES string of the molecule is CC[C@]1(CO)C[C@H]2CC[C@@H]1N2C(=O)c1cnc2ccccn2c1=O. The van der Waals surface area contributed by atoms with Crippen LogP contribution in [0.25, 0.3) is 5.65 Å². The Bertz CT molecular complexity index is 856. The van der Waals surface area contributed by atoms with Crippen molar-refractivity contribution in [3.8, 4) is 0 Å². The van der Waals surface area contributed by atoms with Gasteiger partial charge in [0.2, 0.25) is 0 Å². The number of carbonyl (C=O) groups is 1. The van der Waals surface area contributed by atoms with Crippen molar-refractivity contribution in [3.63, 3.8) is 0 Å². The first-order valence-electron chi connectivity index (χ1n) is 8.51. The molecule has 4 heterocycles. The van der Waals surface area contributed by atoms with Gasteiger partial charge in [0.1, 0.15) is 11.2 Å². The average Bonchev–Trinajstić information content (AvgIpc) is 3.18. The molecule has 1 amide bonds. The van der Waals surface area contributed by atoms with E-state index in [1.165, 1.54) is 10.6 Å². The van der Waals surface area contributed by atoms with Crippen molar-refractivity contribution in [2.24, 2.45) is 5.41 Å². The lowest BCUT2D eigenvalue weighted by molar-refractivity contribution is 0.0555. The number of hydrogen-bond acceptors (Lipinski definition) is 4. The van der Waals surface area contributed by atoms with Gasteiger partial charge in [-0.25, -0.2) is 4.98 Å². The summed E-state index contributed by atoms with van der Waals surface area (Å²) in [5.74, 6) is -0.248. The minimum Gasteiger partial charge on any atom is -0.396 e. The van der Waals surface area contributed by atoms with Gasteiger partial charge < -0.3 is 10.0 Å². The van der Waals surface area contributed by atoms with Crippen molar-refractivity contribution in [2.75, 3.05) is 6.61 Å². The Balaban J connectivity index is 1.75. The number of aromatic nitrogens is 2. The van der Waals surface area contributed by atoms with Gasteiger partial charge in [0.05, 0.1) is 6.61 Å². The largest absolute Gasteiger partial charge is 0.396 e. The quantitative estimate of drug-likeness (QED) is 0.926. The number of rotatable bonds is 3. The highest BCUT2D eigenvalue weighted by Gasteiger charge is 2.56. The Morgan fingerprint density at radius 3 is 2.96 bits per heavy atom. The van der Waals surface area contributed by atoms with E-state index in [-0.39, 0.29) is 41.1 Å². The van der Waals surface area contributed by atoms with Crippen molar-refractivity contribution in [1.82, 2.24) is 14.3 Å². The summed E-state index contributed by atoms with van der Waals surface area (Å²) in [6, 6.07) is 5.42. The van der Waals surface area contributed by atoms with Gasteiger partial charge in [0.15, 0.2) is 0 Å². The Kier molecular flexibility index (Phi) is 3.46. The molecule has 2 bridgehead atoms. The highest BCUT2D eigenvalue weighted by atomic mass is 16.3. The van der Waals surface area contributed by atoms with Crippen LogP contribution in [0.1, 0.15) is 43.0 Å². The summed E-state index contributed by atoms with van der Waals surface area (Å²) >= 11 is 0. The van der Waals surface area contributed by atoms with Crippen LogP contribution in [0.4, 0.5) is 0 Å². The third-order valence-electron chi connectivity index (χ3n) is 5.95. The summed E-state index contributed by atoms with van der Waals surface area (Å²) in [6.07, 6.45) is 6.52. The van der Waals surface area contributed by atoms with Crippen LogP contribution in [-0.4, -0.2) is 44.0 Å². The minimum atomic E-state index is -0.331. The van der Waals surface area contributed by atoms with Gasteiger partial charge in [-0.05, 0) is 37.8 Å². The van der Waals surface area contributed by atoms with Crippen molar-refractivity contribution in [1.29, 1.82) is 0 Å². The third-order valence-corrected chi connectivity index (χ3v) is 5.95. The molecule has 126 valence electrons. The molecule has 6 heteroatoms. The zero-order valence-electron chi connectivity index (χ0n) is 13.7. The Morgan fingerprint density at radius 1 is 1.42 bits per heavy atom. The molecule has 0 aromatic carbocycles. The summed E-state index contributed by atoms with van der Waals surface area (Å²) in [5.41, 5.74) is 0.0872. The van der Waals surface area contributed by atoms with E-state index in [1.54, 1.807) is 24.4 Å². The lowest BCUT2D eigenvalue weighted by Gasteiger charge is -2.34. The number of aliphatic hydroxyl groups is 1. The standard InChI is InChI=1S/C18H21N3O3/c1-2-18(11-22)9-12-6-7-14(18)21(12)17(24)13-10-19-15-5-3-4-8-20(15)16(13)23/h3-5,8,10,12,14,22H,2,6-7,9,11H2,1H3/t12-,14+,18-/m1/s1. The average molecular weight is 327 g/mol.